The average Bonchev–Trinajstić information content (AvgIpc) is 3.09. The second kappa shape index (κ2) is 6.92. The first kappa shape index (κ1) is 18.1. The van der Waals surface area contributed by atoms with Crippen molar-refractivity contribution >= 4 is 24.8 Å². The maximum Gasteiger partial charge on any atom is 0.469 e. The number of imidazole rings is 1. The molecule has 0 bridgehead atoms. The summed E-state index contributed by atoms with van der Waals surface area (Å²) in [6, 6.07) is 0. The molecule has 1 fully saturated rings. The molecule has 3 rings (SSSR count). The van der Waals surface area contributed by atoms with Gasteiger partial charge in [0.15, 0.2) is 17.7 Å². The monoisotopic (exact) mass is 375 g/mol. The van der Waals surface area contributed by atoms with E-state index in [2.05, 4.69) is 19.5 Å². The standard InChI is InChI=1S/C12H18N5O7P/c1-2-22-9-6(3-23-25(19,20)21)24-12(8(9)18)17-5-16-7-10(13)14-4-15-11(7)17/h4-6,8-9,12,18H,2-3H2,1H3,(H2,13,14,15)(H2,19,20,21)/t6-,8-,9-,12-/m1/s1. The molecule has 0 aliphatic carbocycles. The Labute approximate surface area is 141 Å². The summed E-state index contributed by atoms with van der Waals surface area (Å²) in [5.74, 6) is 0.180. The molecular weight excluding hydrogens is 357 g/mol. The number of hydrogen-bond donors (Lipinski definition) is 4. The van der Waals surface area contributed by atoms with Crippen LogP contribution in [0.2, 0.25) is 0 Å². The summed E-state index contributed by atoms with van der Waals surface area (Å²) in [6.07, 6.45) is -1.19. The number of rotatable bonds is 6. The third-order valence-electron chi connectivity index (χ3n) is 3.74. The van der Waals surface area contributed by atoms with Gasteiger partial charge in [0.2, 0.25) is 0 Å². The van der Waals surface area contributed by atoms with Crippen molar-refractivity contribution in [1.82, 2.24) is 19.5 Å². The van der Waals surface area contributed by atoms with E-state index in [4.69, 9.17) is 25.0 Å². The molecule has 138 valence electrons. The highest BCUT2D eigenvalue weighted by Gasteiger charge is 2.46. The van der Waals surface area contributed by atoms with Gasteiger partial charge in [0.1, 0.15) is 30.2 Å². The Morgan fingerprint density at radius 1 is 1.40 bits per heavy atom. The van der Waals surface area contributed by atoms with Gasteiger partial charge in [-0.25, -0.2) is 19.5 Å². The van der Waals surface area contributed by atoms with Crippen molar-refractivity contribution in [1.29, 1.82) is 0 Å². The number of hydrogen-bond acceptors (Lipinski definition) is 9. The van der Waals surface area contributed by atoms with E-state index in [0.29, 0.717) is 11.2 Å². The zero-order valence-electron chi connectivity index (χ0n) is 13.2. The van der Waals surface area contributed by atoms with Crippen LogP contribution in [-0.2, 0) is 18.6 Å². The number of ether oxygens (including phenoxy) is 2. The number of anilines is 1. The molecule has 4 atom stereocenters. The van der Waals surface area contributed by atoms with E-state index >= 15 is 0 Å². The minimum Gasteiger partial charge on any atom is -0.386 e. The minimum atomic E-state index is -4.68. The van der Waals surface area contributed by atoms with Crippen molar-refractivity contribution in [3.63, 3.8) is 0 Å². The molecule has 0 radical (unpaired) electrons. The third-order valence-corrected chi connectivity index (χ3v) is 4.22. The van der Waals surface area contributed by atoms with E-state index in [0.717, 1.165) is 0 Å². The van der Waals surface area contributed by atoms with Gasteiger partial charge in [0.25, 0.3) is 0 Å². The highest BCUT2D eigenvalue weighted by molar-refractivity contribution is 7.46. The molecule has 0 amide bonds. The van der Waals surface area contributed by atoms with E-state index in [9.17, 15) is 9.67 Å². The Morgan fingerprint density at radius 3 is 2.84 bits per heavy atom. The molecule has 12 nitrogen and oxygen atoms in total. The highest BCUT2D eigenvalue weighted by Crippen LogP contribution is 2.39. The summed E-state index contributed by atoms with van der Waals surface area (Å²) in [4.78, 5) is 29.8. The number of aliphatic hydroxyl groups excluding tert-OH is 1. The average molecular weight is 375 g/mol. The van der Waals surface area contributed by atoms with Gasteiger partial charge < -0.3 is 30.1 Å². The lowest BCUT2D eigenvalue weighted by Crippen LogP contribution is -2.36. The molecule has 0 aromatic carbocycles. The summed E-state index contributed by atoms with van der Waals surface area (Å²) >= 11 is 0. The number of nitrogens with zero attached hydrogens (tertiary/aromatic N) is 4. The van der Waals surface area contributed by atoms with Gasteiger partial charge in [0, 0.05) is 6.61 Å². The Kier molecular flexibility index (Phi) is 5.02. The Morgan fingerprint density at radius 2 is 2.16 bits per heavy atom. The lowest BCUT2D eigenvalue weighted by molar-refractivity contribution is -0.0574. The van der Waals surface area contributed by atoms with E-state index in [-0.39, 0.29) is 12.4 Å². The van der Waals surface area contributed by atoms with Crippen LogP contribution in [0.15, 0.2) is 12.7 Å². The topological polar surface area (TPSA) is 175 Å². The van der Waals surface area contributed by atoms with Crippen molar-refractivity contribution in [3.8, 4) is 0 Å². The zero-order valence-corrected chi connectivity index (χ0v) is 14.1. The number of nitrogens with two attached hydrogens (primary N) is 1. The van der Waals surface area contributed by atoms with Gasteiger partial charge in [-0.15, -0.1) is 0 Å². The Hall–Kier alpha value is -1.66. The van der Waals surface area contributed by atoms with E-state index in [1.165, 1.54) is 17.2 Å². The molecule has 1 aliphatic heterocycles. The Bertz CT molecular complexity index is 795. The molecule has 0 saturated carbocycles. The molecule has 2 aromatic heterocycles. The minimum absolute atomic E-state index is 0.180. The second-order valence-corrected chi connectivity index (χ2v) is 6.58. The quantitative estimate of drug-likeness (QED) is 0.464. The predicted molar refractivity (Wildman–Crippen MR) is 83.1 cm³/mol. The molecule has 25 heavy (non-hydrogen) atoms. The van der Waals surface area contributed by atoms with Crippen LogP contribution in [0, 0.1) is 0 Å². The SMILES string of the molecule is CCO[C@H]1[C@@H](O)[C@H](n2cnc3c(N)ncnc32)O[C@@H]1COP(=O)(O)O. The molecule has 2 aromatic rings. The van der Waals surface area contributed by atoms with Crippen LogP contribution in [0.3, 0.4) is 0 Å². The lowest BCUT2D eigenvalue weighted by Gasteiger charge is -2.20. The number of phosphoric ester groups is 1. The first-order chi connectivity index (χ1) is 11.8. The number of nitrogen functional groups attached to an aromatic ring is 1. The normalized spacial score (nSPS) is 27.2. The molecule has 1 saturated heterocycles. The molecule has 3 heterocycles. The summed E-state index contributed by atoms with van der Waals surface area (Å²) in [7, 11) is -4.68. The van der Waals surface area contributed by atoms with Crippen molar-refractivity contribution in [3.05, 3.63) is 12.7 Å². The zero-order chi connectivity index (χ0) is 18.2. The second-order valence-electron chi connectivity index (χ2n) is 5.34. The highest BCUT2D eigenvalue weighted by atomic mass is 31.2. The maximum absolute atomic E-state index is 10.9. The van der Waals surface area contributed by atoms with Gasteiger partial charge >= 0.3 is 7.82 Å². The summed E-state index contributed by atoms with van der Waals surface area (Å²) in [5.41, 5.74) is 6.44. The van der Waals surface area contributed by atoms with Gasteiger partial charge in [0.05, 0.1) is 12.9 Å². The van der Waals surface area contributed by atoms with Crippen LogP contribution in [0.25, 0.3) is 11.2 Å². The van der Waals surface area contributed by atoms with Crippen LogP contribution in [0.1, 0.15) is 13.2 Å². The summed E-state index contributed by atoms with van der Waals surface area (Å²) in [5, 5.41) is 10.6. The summed E-state index contributed by atoms with van der Waals surface area (Å²) < 4.78 is 28.0. The molecule has 1 aliphatic rings. The largest absolute Gasteiger partial charge is 0.469 e. The van der Waals surface area contributed by atoms with Crippen molar-refractivity contribution in [2.45, 2.75) is 31.5 Å². The lowest BCUT2D eigenvalue weighted by atomic mass is 10.1. The molecular formula is C12H18N5O7P. The fourth-order valence-electron chi connectivity index (χ4n) is 2.71. The predicted octanol–water partition coefficient (Wildman–Crippen LogP) is -0.819. The van der Waals surface area contributed by atoms with Gasteiger partial charge in [-0.2, -0.15) is 0 Å². The smallest absolute Gasteiger partial charge is 0.386 e. The first-order valence-corrected chi connectivity index (χ1v) is 8.93. The fraction of sp³-hybridized carbons (Fsp3) is 0.583. The maximum atomic E-state index is 10.9. The van der Waals surface area contributed by atoms with Gasteiger partial charge in [-0.1, -0.05) is 0 Å². The number of aromatic nitrogens is 4. The fourth-order valence-corrected chi connectivity index (χ4v) is 3.05. The van der Waals surface area contributed by atoms with E-state index < -0.39 is 39.0 Å². The molecule has 0 unspecified atom stereocenters. The molecule has 5 N–H and O–H groups in total. The Balaban J connectivity index is 1.88. The number of phosphoric acid groups is 1. The van der Waals surface area contributed by atoms with Gasteiger partial charge in [-0.3, -0.25) is 9.09 Å². The number of fused-ring (bicyclic) bond motifs is 1. The van der Waals surface area contributed by atoms with Crippen LogP contribution in [0.5, 0.6) is 0 Å². The first-order valence-electron chi connectivity index (χ1n) is 7.40. The van der Waals surface area contributed by atoms with Crippen LogP contribution in [0.4, 0.5) is 5.82 Å². The molecule has 13 heteroatoms. The third kappa shape index (κ3) is 3.65. The molecule has 0 spiro atoms. The van der Waals surface area contributed by atoms with Crippen molar-refractivity contribution in [2.24, 2.45) is 0 Å². The van der Waals surface area contributed by atoms with Gasteiger partial charge in [-0.05, 0) is 6.92 Å². The van der Waals surface area contributed by atoms with Crippen molar-refractivity contribution < 1.29 is 33.5 Å². The number of aliphatic hydroxyl groups is 1. The van der Waals surface area contributed by atoms with Crippen LogP contribution >= 0.6 is 7.82 Å². The van der Waals surface area contributed by atoms with E-state index in [1.54, 1.807) is 6.92 Å². The van der Waals surface area contributed by atoms with Crippen LogP contribution < -0.4 is 5.73 Å². The van der Waals surface area contributed by atoms with E-state index in [1.807, 2.05) is 0 Å². The van der Waals surface area contributed by atoms with Crippen molar-refractivity contribution in [2.75, 3.05) is 18.9 Å². The summed E-state index contributed by atoms with van der Waals surface area (Å²) in [6.45, 7) is 1.54. The van der Waals surface area contributed by atoms with Crippen LogP contribution in [-0.4, -0.2) is 65.9 Å².